The highest BCUT2D eigenvalue weighted by atomic mass is 32.1. The maximum absolute atomic E-state index is 14.1. The molecule has 0 aliphatic heterocycles. The minimum atomic E-state index is -0.602. The fourth-order valence-corrected chi connectivity index (χ4v) is 5.31. The highest BCUT2D eigenvalue weighted by Crippen LogP contribution is 2.41. The van der Waals surface area contributed by atoms with E-state index in [4.69, 9.17) is 4.74 Å². The Morgan fingerprint density at radius 3 is 2.31 bits per heavy atom. The topological polar surface area (TPSA) is 38.3 Å². The van der Waals surface area contributed by atoms with Gasteiger partial charge in [-0.25, -0.2) is 4.79 Å². The zero-order valence-corrected chi connectivity index (χ0v) is 19.1. The summed E-state index contributed by atoms with van der Waals surface area (Å²) >= 11 is 2.55. The summed E-state index contributed by atoms with van der Waals surface area (Å²) in [5, 5.41) is 6.22. The number of benzene rings is 2. The summed E-state index contributed by atoms with van der Waals surface area (Å²) < 4.78 is 19.5. The van der Waals surface area contributed by atoms with E-state index in [9.17, 15) is 9.18 Å². The normalized spacial score (nSPS) is 14.2. The molecule has 2 aromatic heterocycles. The molecule has 0 radical (unpaired) electrons. The molecule has 2 aromatic carbocycles. The molecule has 1 unspecified atom stereocenters. The number of hydrogen-bond donors (Lipinski definition) is 1. The van der Waals surface area contributed by atoms with Crippen LogP contribution in [0.3, 0.4) is 0 Å². The van der Waals surface area contributed by atoms with Crippen molar-refractivity contribution >= 4 is 34.5 Å². The number of carbonyl (C=O) groups is 1. The van der Waals surface area contributed by atoms with Gasteiger partial charge >= 0.3 is 6.09 Å². The van der Waals surface area contributed by atoms with E-state index < -0.39 is 6.09 Å². The highest BCUT2D eigenvalue weighted by Gasteiger charge is 2.23. The van der Waals surface area contributed by atoms with Crippen molar-refractivity contribution in [1.29, 1.82) is 0 Å². The van der Waals surface area contributed by atoms with Gasteiger partial charge in [0.1, 0.15) is 6.10 Å². The Bertz CT molecular complexity index is 1210. The minimum absolute atomic E-state index is 0.360. The molecule has 0 saturated heterocycles. The molecule has 162 valence electrons. The van der Waals surface area contributed by atoms with Crippen molar-refractivity contribution in [2.45, 2.75) is 31.8 Å². The third kappa shape index (κ3) is 4.61. The minimum Gasteiger partial charge on any atom is -0.441 e. The van der Waals surface area contributed by atoms with Crippen LogP contribution in [-0.4, -0.2) is 6.09 Å². The van der Waals surface area contributed by atoms with Crippen molar-refractivity contribution < 1.29 is 13.9 Å². The van der Waals surface area contributed by atoms with Crippen LogP contribution in [0.4, 0.5) is 14.9 Å². The molecule has 0 bridgehead atoms. The van der Waals surface area contributed by atoms with Gasteiger partial charge in [0.2, 0.25) is 0 Å². The molecule has 3 nitrogen and oxygen atoms in total. The average molecular weight is 464 g/mol. The van der Waals surface area contributed by atoms with Crippen molar-refractivity contribution in [3.63, 3.8) is 0 Å². The molecule has 5 rings (SSSR count). The fraction of sp³-hybridized carbons (Fsp3) is 0.192. The summed E-state index contributed by atoms with van der Waals surface area (Å²) in [7, 11) is 0. The third-order valence-electron chi connectivity index (χ3n) is 5.68. The summed E-state index contributed by atoms with van der Waals surface area (Å²) in [5.74, 6) is 0.742. The van der Waals surface area contributed by atoms with Gasteiger partial charge in [-0.2, -0.15) is 15.7 Å². The Kier molecular flexibility index (Phi) is 5.81. The fourth-order valence-electron chi connectivity index (χ4n) is 3.72. The molecule has 1 fully saturated rings. The first-order valence-corrected chi connectivity index (χ1v) is 12.3. The maximum atomic E-state index is 14.1. The molecule has 4 aromatic rings. The zero-order valence-electron chi connectivity index (χ0n) is 17.5. The number of anilines is 1. The molecular weight excluding hydrogens is 441 g/mol. The molecule has 1 saturated carbocycles. The summed E-state index contributed by atoms with van der Waals surface area (Å²) in [6.07, 6.45) is 1.61. The number of amides is 1. The Morgan fingerprint density at radius 1 is 1.03 bits per heavy atom. The molecular formula is C26H22FNO2S2. The van der Waals surface area contributed by atoms with Crippen molar-refractivity contribution in [2.24, 2.45) is 0 Å². The lowest BCUT2D eigenvalue weighted by Crippen LogP contribution is -2.15. The van der Waals surface area contributed by atoms with E-state index in [1.54, 1.807) is 11.3 Å². The third-order valence-corrected chi connectivity index (χ3v) is 7.35. The molecule has 32 heavy (non-hydrogen) atoms. The van der Waals surface area contributed by atoms with E-state index in [1.165, 1.54) is 24.5 Å². The van der Waals surface area contributed by atoms with E-state index >= 15 is 0 Å². The first-order chi connectivity index (χ1) is 15.6. The smallest absolute Gasteiger partial charge is 0.412 e. The lowest BCUT2D eigenvalue weighted by Gasteiger charge is -2.13. The van der Waals surface area contributed by atoms with Gasteiger partial charge in [-0.15, -0.1) is 11.3 Å². The SMILES string of the molecule is CC(OC(=O)Nc1cc(F)sc1-c1ccc(-c2ccc(C3CC3)cc2)cc1)c1ccsc1. The van der Waals surface area contributed by atoms with Gasteiger partial charge < -0.3 is 4.74 Å². The molecule has 1 N–H and O–H groups in total. The second kappa shape index (κ2) is 8.88. The van der Waals surface area contributed by atoms with Gasteiger partial charge in [0.05, 0.1) is 10.6 Å². The zero-order chi connectivity index (χ0) is 22.1. The van der Waals surface area contributed by atoms with E-state index in [0.717, 1.165) is 39.5 Å². The van der Waals surface area contributed by atoms with Crippen LogP contribution in [0.15, 0.2) is 71.4 Å². The first-order valence-electron chi connectivity index (χ1n) is 10.6. The van der Waals surface area contributed by atoms with Gasteiger partial charge in [-0.3, -0.25) is 5.32 Å². The molecule has 1 aliphatic carbocycles. The van der Waals surface area contributed by atoms with Gasteiger partial charge in [0, 0.05) is 11.6 Å². The molecule has 0 spiro atoms. The lowest BCUT2D eigenvalue weighted by atomic mass is 10.0. The number of halogens is 1. The monoisotopic (exact) mass is 463 g/mol. The number of rotatable bonds is 6. The van der Waals surface area contributed by atoms with Gasteiger partial charge in [0.15, 0.2) is 5.13 Å². The number of ether oxygens (including phenoxy) is 1. The quantitative estimate of drug-likeness (QED) is 0.311. The van der Waals surface area contributed by atoms with E-state index in [0.29, 0.717) is 10.6 Å². The summed E-state index contributed by atoms with van der Waals surface area (Å²) in [4.78, 5) is 13.0. The summed E-state index contributed by atoms with van der Waals surface area (Å²) in [5.41, 5.74) is 5.86. The van der Waals surface area contributed by atoms with E-state index in [2.05, 4.69) is 29.6 Å². The lowest BCUT2D eigenvalue weighted by molar-refractivity contribution is 0.121. The van der Waals surface area contributed by atoms with Crippen LogP contribution in [0.1, 0.15) is 42.9 Å². The Balaban J connectivity index is 1.31. The number of carbonyl (C=O) groups excluding carboxylic acids is 1. The second-order valence-corrected chi connectivity index (χ2v) is 9.78. The van der Waals surface area contributed by atoms with Gasteiger partial charge in [-0.1, -0.05) is 48.5 Å². The van der Waals surface area contributed by atoms with Crippen molar-refractivity contribution in [1.82, 2.24) is 0 Å². The molecule has 1 aliphatic rings. The van der Waals surface area contributed by atoms with Crippen LogP contribution in [0.5, 0.6) is 0 Å². The van der Waals surface area contributed by atoms with Crippen molar-refractivity contribution in [3.8, 4) is 21.6 Å². The van der Waals surface area contributed by atoms with Gasteiger partial charge in [-0.05, 0) is 64.8 Å². The van der Waals surface area contributed by atoms with Crippen LogP contribution in [0.25, 0.3) is 21.6 Å². The van der Waals surface area contributed by atoms with Crippen molar-refractivity contribution in [2.75, 3.05) is 5.32 Å². The predicted molar refractivity (Wildman–Crippen MR) is 130 cm³/mol. The summed E-state index contributed by atoms with van der Waals surface area (Å²) in [6, 6.07) is 20.0. The van der Waals surface area contributed by atoms with Crippen LogP contribution in [0, 0.1) is 5.13 Å². The molecule has 1 atom stereocenters. The van der Waals surface area contributed by atoms with Crippen LogP contribution in [0.2, 0.25) is 0 Å². The number of thiophene rings is 2. The predicted octanol–water partition coefficient (Wildman–Crippen LogP) is 8.47. The molecule has 6 heteroatoms. The van der Waals surface area contributed by atoms with E-state index in [1.807, 2.05) is 48.0 Å². The molecule has 2 heterocycles. The number of nitrogens with one attached hydrogen (secondary N) is 1. The largest absolute Gasteiger partial charge is 0.441 e. The molecule has 1 amide bonds. The number of hydrogen-bond acceptors (Lipinski definition) is 4. The highest BCUT2D eigenvalue weighted by molar-refractivity contribution is 7.14. The van der Waals surface area contributed by atoms with E-state index in [-0.39, 0.29) is 11.2 Å². The van der Waals surface area contributed by atoms with Crippen LogP contribution < -0.4 is 5.32 Å². The Labute approximate surface area is 194 Å². The average Bonchev–Trinajstić information content (AvgIpc) is 3.37. The summed E-state index contributed by atoms with van der Waals surface area (Å²) in [6.45, 7) is 1.81. The Hall–Kier alpha value is -2.96. The van der Waals surface area contributed by atoms with Gasteiger partial charge in [0.25, 0.3) is 0 Å². The van der Waals surface area contributed by atoms with Crippen LogP contribution >= 0.6 is 22.7 Å². The van der Waals surface area contributed by atoms with Crippen molar-refractivity contribution in [3.05, 3.63) is 87.7 Å². The Morgan fingerprint density at radius 2 is 1.69 bits per heavy atom. The van der Waals surface area contributed by atoms with Crippen LogP contribution in [-0.2, 0) is 4.74 Å². The second-order valence-electron chi connectivity index (χ2n) is 8.00. The maximum Gasteiger partial charge on any atom is 0.412 e. The standard InChI is InChI=1S/C26H22FNO2S2/c1-16(22-12-13-31-15-22)30-26(29)28-23-14-24(27)32-25(23)21-10-8-20(9-11-21)19-6-4-18(5-7-19)17-2-3-17/h4-17H,2-3H2,1H3,(H,28,29). The first kappa shape index (κ1) is 20.9.